The molecule has 0 spiro atoms. The molecule has 11 heteroatoms. The van der Waals surface area contributed by atoms with Crippen LogP contribution in [0, 0.1) is 5.82 Å². The molecule has 0 bridgehead atoms. The van der Waals surface area contributed by atoms with Crippen LogP contribution >= 0.6 is 0 Å². The van der Waals surface area contributed by atoms with Gasteiger partial charge in [0.1, 0.15) is 17.1 Å². The number of amides is 1. The molecule has 0 aliphatic heterocycles. The molecule has 1 aliphatic carbocycles. The Kier molecular flexibility index (Phi) is 9.41. The molecule has 0 atom stereocenters. The van der Waals surface area contributed by atoms with Crippen LogP contribution in [0.4, 0.5) is 9.18 Å². The number of pyridine rings is 1. The maximum atomic E-state index is 13.9. The number of likely N-dealkylation sites (N-methyl/N-ethyl adjacent to an activating group) is 1. The van der Waals surface area contributed by atoms with Gasteiger partial charge in [-0.1, -0.05) is 12.1 Å². The smallest absolute Gasteiger partial charge is 0.505 e. The van der Waals surface area contributed by atoms with E-state index in [4.69, 9.17) is 18.9 Å². The monoisotopic (exact) mass is 578 g/mol. The van der Waals surface area contributed by atoms with Gasteiger partial charge in [-0.3, -0.25) is 14.6 Å². The second-order valence-corrected chi connectivity index (χ2v) is 9.56. The molecule has 3 aromatic rings. The number of halogens is 1. The highest BCUT2D eigenvalue weighted by Crippen LogP contribution is 2.40. The Bertz CT molecular complexity index is 1580. The number of hydrogen-bond acceptors (Lipinski definition) is 9. The number of aldehydes is 1. The van der Waals surface area contributed by atoms with Crippen LogP contribution in [0.5, 0.6) is 11.5 Å². The first-order valence-electron chi connectivity index (χ1n) is 13.2. The van der Waals surface area contributed by atoms with E-state index in [9.17, 15) is 23.9 Å². The number of carbonyl (C=O) groups excluding carboxylic acids is 3. The lowest BCUT2D eigenvalue weighted by Gasteiger charge is -2.25. The van der Waals surface area contributed by atoms with Crippen molar-refractivity contribution in [2.75, 3.05) is 34.4 Å². The molecule has 1 aromatic heterocycles. The average molecular weight is 579 g/mol. The fourth-order valence-corrected chi connectivity index (χ4v) is 4.76. The zero-order valence-electron chi connectivity index (χ0n) is 23.7. The molecule has 0 radical (unpaired) electrons. The standard InChI is InChI=1S/C31H31FN2O8/c1-5-41-31(38)42-29-23-13-19(12-18-6-9-21(32)10-7-18)15-33-27(23)28(36)24(17-35)26(29)30(37)34(2)16-20-8-11-22(39-3)14-25(20)40-4/h6-7,9-10,13-15,17,36H,5,8,11-12,16H2,1-4H3. The van der Waals surface area contributed by atoms with Gasteiger partial charge in [0.15, 0.2) is 17.8 Å². The lowest BCUT2D eigenvalue weighted by atomic mass is 9.97. The van der Waals surface area contributed by atoms with E-state index >= 15 is 0 Å². The molecule has 1 amide bonds. The third-order valence-electron chi connectivity index (χ3n) is 6.84. The first-order chi connectivity index (χ1) is 20.2. The second kappa shape index (κ2) is 13.2. The molecule has 0 fully saturated rings. The van der Waals surface area contributed by atoms with Crippen LogP contribution in [0.15, 0.2) is 59.7 Å². The Morgan fingerprint density at radius 3 is 2.50 bits per heavy atom. The maximum Gasteiger partial charge on any atom is 0.513 e. The van der Waals surface area contributed by atoms with Crippen LogP contribution in [0.3, 0.4) is 0 Å². The predicted molar refractivity (Wildman–Crippen MR) is 151 cm³/mol. The lowest BCUT2D eigenvalue weighted by molar-refractivity contribution is 0.0791. The van der Waals surface area contributed by atoms with Gasteiger partial charge < -0.3 is 29.0 Å². The molecule has 2 aromatic carbocycles. The number of hydrogen-bond donors (Lipinski definition) is 1. The fraction of sp³-hybridized carbons (Fsp3) is 0.290. The summed E-state index contributed by atoms with van der Waals surface area (Å²) in [6, 6.07) is 7.49. The van der Waals surface area contributed by atoms with E-state index in [-0.39, 0.29) is 46.7 Å². The summed E-state index contributed by atoms with van der Waals surface area (Å²) in [7, 11) is 4.60. The number of carbonyl (C=O) groups is 3. The van der Waals surface area contributed by atoms with Crippen molar-refractivity contribution >= 4 is 29.3 Å². The van der Waals surface area contributed by atoms with Crippen LogP contribution in [-0.4, -0.2) is 67.8 Å². The topological polar surface area (TPSA) is 124 Å². The molecular formula is C31H31FN2O8. The van der Waals surface area contributed by atoms with Gasteiger partial charge in [0.2, 0.25) is 0 Å². The maximum absolute atomic E-state index is 13.9. The van der Waals surface area contributed by atoms with E-state index in [1.165, 1.54) is 37.4 Å². The average Bonchev–Trinajstić information content (AvgIpc) is 2.99. The fourth-order valence-electron chi connectivity index (χ4n) is 4.76. The van der Waals surface area contributed by atoms with Crippen molar-refractivity contribution in [1.82, 2.24) is 9.88 Å². The molecule has 1 aliphatic rings. The third kappa shape index (κ3) is 6.35. The number of benzene rings is 2. The van der Waals surface area contributed by atoms with Crippen LogP contribution in [0.2, 0.25) is 0 Å². The Balaban J connectivity index is 1.84. The van der Waals surface area contributed by atoms with E-state index in [0.29, 0.717) is 36.9 Å². The highest BCUT2D eigenvalue weighted by atomic mass is 19.1. The van der Waals surface area contributed by atoms with E-state index in [1.54, 1.807) is 38.3 Å². The van der Waals surface area contributed by atoms with Crippen molar-refractivity contribution < 1.29 is 42.8 Å². The summed E-state index contributed by atoms with van der Waals surface area (Å²) < 4.78 is 34.7. The molecule has 1 heterocycles. The molecule has 42 heavy (non-hydrogen) atoms. The predicted octanol–water partition coefficient (Wildman–Crippen LogP) is 5.31. The van der Waals surface area contributed by atoms with Crippen LogP contribution < -0.4 is 4.74 Å². The number of allylic oxidation sites excluding steroid dienone is 2. The number of nitrogens with zero attached hydrogens (tertiary/aromatic N) is 2. The molecule has 4 rings (SSSR count). The Hall–Kier alpha value is -4.93. The minimum absolute atomic E-state index is 0.00241. The lowest BCUT2D eigenvalue weighted by Crippen LogP contribution is -2.31. The van der Waals surface area contributed by atoms with Gasteiger partial charge in [-0.25, -0.2) is 9.18 Å². The largest absolute Gasteiger partial charge is 0.513 e. The molecule has 1 N–H and O–H groups in total. The third-order valence-corrected chi connectivity index (χ3v) is 6.84. The van der Waals surface area contributed by atoms with Crippen LogP contribution in [0.1, 0.15) is 51.6 Å². The normalized spacial score (nSPS) is 12.9. The van der Waals surface area contributed by atoms with Gasteiger partial charge in [0.25, 0.3) is 5.91 Å². The number of rotatable bonds is 10. The van der Waals surface area contributed by atoms with E-state index < -0.39 is 17.8 Å². The number of phenols is 1. The molecule has 0 saturated carbocycles. The quantitative estimate of drug-likeness (QED) is 0.193. The Morgan fingerprint density at radius 1 is 1.12 bits per heavy atom. The van der Waals surface area contributed by atoms with Crippen molar-refractivity contribution in [1.29, 1.82) is 0 Å². The number of fused-ring (bicyclic) bond motifs is 1. The minimum atomic E-state index is -1.10. The zero-order valence-corrected chi connectivity index (χ0v) is 23.7. The van der Waals surface area contributed by atoms with Crippen LogP contribution in [-0.2, 0) is 20.6 Å². The molecule has 10 nitrogen and oxygen atoms in total. The summed E-state index contributed by atoms with van der Waals surface area (Å²) in [6.07, 6.45) is 3.94. The summed E-state index contributed by atoms with van der Waals surface area (Å²) in [5.41, 5.74) is 1.44. The second-order valence-electron chi connectivity index (χ2n) is 9.56. The Labute approximate surface area is 242 Å². The summed E-state index contributed by atoms with van der Waals surface area (Å²) >= 11 is 0. The number of methoxy groups -OCH3 is 2. The van der Waals surface area contributed by atoms with Gasteiger partial charge in [0.05, 0.1) is 37.7 Å². The van der Waals surface area contributed by atoms with Gasteiger partial charge in [0, 0.05) is 37.7 Å². The number of aromatic nitrogens is 1. The van der Waals surface area contributed by atoms with Gasteiger partial charge >= 0.3 is 6.16 Å². The highest BCUT2D eigenvalue weighted by Gasteiger charge is 2.31. The minimum Gasteiger partial charge on any atom is -0.505 e. The summed E-state index contributed by atoms with van der Waals surface area (Å²) in [6.45, 7) is 1.70. The SMILES string of the molecule is CCOC(=O)Oc1c(C(=O)N(C)CC2=C(OC)C=C(OC)CC2)c(C=O)c(O)c2ncc(Cc3ccc(F)cc3)cc12. The van der Waals surface area contributed by atoms with E-state index in [1.807, 2.05) is 0 Å². The van der Waals surface area contributed by atoms with Crippen molar-refractivity contribution in [3.63, 3.8) is 0 Å². The first-order valence-corrected chi connectivity index (χ1v) is 13.2. The van der Waals surface area contributed by atoms with Crippen molar-refractivity contribution in [2.45, 2.75) is 26.2 Å². The molecule has 0 unspecified atom stereocenters. The first kappa shape index (κ1) is 30.0. The number of ether oxygens (including phenoxy) is 4. The van der Waals surface area contributed by atoms with Crippen molar-refractivity contribution in [3.05, 3.63) is 87.8 Å². The molecule has 0 saturated heterocycles. The van der Waals surface area contributed by atoms with E-state index in [2.05, 4.69) is 4.98 Å². The van der Waals surface area contributed by atoms with Crippen LogP contribution in [0.25, 0.3) is 10.9 Å². The van der Waals surface area contributed by atoms with Crippen molar-refractivity contribution in [2.24, 2.45) is 0 Å². The van der Waals surface area contributed by atoms with Crippen molar-refractivity contribution in [3.8, 4) is 11.5 Å². The summed E-state index contributed by atoms with van der Waals surface area (Å²) in [5, 5.41) is 11.2. The van der Waals surface area contributed by atoms with Gasteiger partial charge in [-0.2, -0.15) is 0 Å². The zero-order chi connectivity index (χ0) is 30.4. The van der Waals surface area contributed by atoms with Gasteiger partial charge in [-0.15, -0.1) is 0 Å². The van der Waals surface area contributed by atoms with E-state index in [0.717, 1.165) is 16.9 Å². The molecular weight excluding hydrogens is 547 g/mol. The van der Waals surface area contributed by atoms with Gasteiger partial charge in [-0.05, 0) is 54.7 Å². The number of phenolic OH excluding ortho intramolecular Hbond substituents is 1. The summed E-state index contributed by atoms with van der Waals surface area (Å²) in [5.74, 6) is -0.602. The summed E-state index contributed by atoms with van der Waals surface area (Å²) in [4.78, 5) is 44.4. The Morgan fingerprint density at radius 2 is 1.86 bits per heavy atom. The number of aromatic hydroxyl groups is 1. The highest BCUT2D eigenvalue weighted by molar-refractivity contribution is 6.12. The molecule has 220 valence electrons.